The van der Waals surface area contributed by atoms with Gasteiger partial charge in [0.15, 0.2) is 0 Å². The smallest absolute Gasteiger partial charge is 0.140 e. The highest BCUT2D eigenvalue weighted by Crippen LogP contribution is 2.11. The quantitative estimate of drug-likeness (QED) is 0.348. The summed E-state index contributed by atoms with van der Waals surface area (Å²) in [7, 11) is 2.03. The van der Waals surface area contributed by atoms with Gasteiger partial charge in [-0.15, -0.1) is 0 Å². The minimum Gasteiger partial charge on any atom is -0.409 e. The predicted octanol–water partition coefficient (Wildman–Crippen LogP) is 1.70. The molecule has 0 fully saturated rings. The van der Waals surface area contributed by atoms with Crippen LogP contribution in [0, 0.1) is 0 Å². The highest BCUT2D eigenvalue weighted by molar-refractivity contribution is 7.07. The maximum absolute atomic E-state index is 8.47. The van der Waals surface area contributed by atoms with Crippen LogP contribution in [0.5, 0.6) is 0 Å². The minimum absolute atomic E-state index is 0.265. The molecule has 0 saturated carbocycles. The maximum Gasteiger partial charge on any atom is 0.140 e. The van der Waals surface area contributed by atoms with E-state index in [9.17, 15) is 0 Å². The number of thiophene rings is 1. The molecule has 0 radical (unpaired) electrons. The van der Waals surface area contributed by atoms with Crippen LogP contribution in [0.2, 0.25) is 0 Å². The van der Waals surface area contributed by atoms with Crippen LogP contribution in [0.25, 0.3) is 0 Å². The lowest BCUT2D eigenvalue weighted by molar-refractivity contribution is 0.251. The van der Waals surface area contributed by atoms with E-state index in [0.29, 0.717) is 6.42 Å². The van der Waals surface area contributed by atoms with E-state index < -0.39 is 0 Å². The first-order valence-corrected chi connectivity index (χ1v) is 5.75. The Hall–Kier alpha value is -1.07. The molecule has 1 heterocycles. The van der Waals surface area contributed by atoms with Crippen LogP contribution in [-0.2, 0) is 6.54 Å². The Morgan fingerprint density at radius 3 is 3.00 bits per heavy atom. The van der Waals surface area contributed by atoms with Crippen LogP contribution >= 0.6 is 11.3 Å². The van der Waals surface area contributed by atoms with Gasteiger partial charge in [0.1, 0.15) is 5.84 Å². The van der Waals surface area contributed by atoms with Crippen LogP contribution in [-0.4, -0.2) is 29.0 Å². The Morgan fingerprint density at radius 2 is 2.47 bits per heavy atom. The summed E-state index contributed by atoms with van der Waals surface area (Å²) in [6.07, 6.45) is 0.580. The van der Waals surface area contributed by atoms with Crippen molar-refractivity contribution in [3.8, 4) is 0 Å². The predicted molar refractivity (Wildman–Crippen MR) is 63.3 cm³/mol. The van der Waals surface area contributed by atoms with Crippen molar-refractivity contribution in [3.05, 3.63) is 22.4 Å². The van der Waals surface area contributed by atoms with Crippen molar-refractivity contribution in [1.29, 1.82) is 0 Å². The summed E-state index contributed by atoms with van der Waals surface area (Å²) in [6.45, 7) is 2.95. The van der Waals surface area contributed by atoms with Crippen LogP contribution in [0.4, 0.5) is 0 Å². The van der Waals surface area contributed by atoms with Crippen molar-refractivity contribution in [3.63, 3.8) is 0 Å². The molecule has 1 atom stereocenters. The molecular weight excluding hydrogens is 210 g/mol. The zero-order valence-corrected chi connectivity index (χ0v) is 9.87. The third kappa shape index (κ3) is 3.89. The highest BCUT2D eigenvalue weighted by atomic mass is 32.1. The average molecular weight is 227 g/mol. The lowest BCUT2D eigenvalue weighted by atomic mass is 10.2. The Bertz CT molecular complexity index is 310. The van der Waals surface area contributed by atoms with Crippen molar-refractivity contribution in [2.45, 2.75) is 25.9 Å². The Labute approximate surface area is 94.0 Å². The van der Waals surface area contributed by atoms with Gasteiger partial charge in [0, 0.05) is 19.0 Å². The number of hydrogen-bond donors (Lipinski definition) is 2. The molecule has 1 aromatic rings. The molecule has 0 bridgehead atoms. The first-order valence-electron chi connectivity index (χ1n) is 4.81. The molecule has 0 saturated heterocycles. The first kappa shape index (κ1) is 12.0. The van der Waals surface area contributed by atoms with Gasteiger partial charge in [0.05, 0.1) is 0 Å². The SMILES string of the molecule is CC(CC(N)=NO)N(C)Cc1ccsc1. The van der Waals surface area contributed by atoms with Crippen LogP contribution in [0.3, 0.4) is 0 Å². The van der Waals surface area contributed by atoms with E-state index in [-0.39, 0.29) is 11.9 Å². The fourth-order valence-corrected chi connectivity index (χ4v) is 1.99. The monoisotopic (exact) mass is 227 g/mol. The standard InChI is InChI=1S/C10H17N3OS/c1-8(5-10(11)12-14)13(2)6-9-3-4-15-7-9/h3-4,7-8,14H,5-6H2,1-2H3,(H2,11,12). The summed E-state index contributed by atoms with van der Waals surface area (Å²) in [4.78, 5) is 2.18. The number of amidine groups is 1. The molecular formula is C10H17N3OS. The molecule has 5 heteroatoms. The second-order valence-electron chi connectivity index (χ2n) is 3.69. The molecule has 0 aliphatic rings. The topological polar surface area (TPSA) is 61.9 Å². The zero-order valence-electron chi connectivity index (χ0n) is 9.05. The molecule has 1 unspecified atom stereocenters. The van der Waals surface area contributed by atoms with E-state index in [4.69, 9.17) is 10.9 Å². The van der Waals surface area contributed by atoms with Gasteiger partial charge in [-0.2, -0.15) is 11.3 Å². The largest absolute Gasteiger partial charge is 0.409 e. The van der Waals surface area contributed by atoms with E-state index >= 15 is 0 Å². The molecule has 3 N–H and O–H groups in total. The number of nitrogens with two attached hydrogens (primary N) is 1. The second kappa shape index (κ2) is 5.72. The van der Waals surface area contributed by atoms with Crippen molar-refractivity contribution >= 4 is 17.2 Å². The van der Waals surface area contributed by atoms with Crippen molar-refractivity contribution in [2.75, 3.05) is 7.05 Å². The van der Waals surface area contributed by atoms with Gasteiger partial charge >= 0.3 is 0 Å². The molecule has 0 amide bonds. The number of rotatable bonds is 5. The van der Waals surface area contributed by atoms with E-state index in [0.717, 1.165) is 6.54 Å². The van der Waals surface area contributed by atoms with Gasteiger partial charge in [-0.3, -0.25) is 4.90 Å². The van der Waals surface area contributed by atoms with Crippen molar-refractivity contribution in [2.24, 2.45) is 10.9 Å². The molecule has 0 aliphatic heterocycles. The molecule has 0 aromatic carbocycles. The number of nitrogens with zero attached hydrogens (tertiary/aromatic N) is 2. The molecule has 4 nitrogen and oxygen atoms in total. The average Bonchev–Trinajstić information content (AvgIpc) is 2.70. The molecule has 15 heavy (non-hydrogen) atoms. The van der Waals surface area contributed by atoms with E-state index in [1.165, 1.54) is 5.56 Å². The summed E-state index contributed by atoms with van der Waals surface area (Å²) in [6, 6.07) is 2.37. The summed E-state index contributed by atoms with van der Waals surface area (Å²) in [5, 5.41) is 15.6. The van der Waals surface area contributed by atoms with Gasteiger partial charge in [-0.1, -0.05) is 5.16 Å². The van der Waals surface area contributed by atoms with E-state index in [1.807, 2.05) is 7.05 Å². The lowest BCUT2D eigenvalue weighted by Crippen LogP contribution is -2.32. The van der Waals surface area contributed by atoms with Crippen LogP contribution in [0.1, 0.15) is 18.9 Å². The Kier molecular flexibility index (Phi) is 4.58. The van der Waals surface area contributed by atoms with Crippen molar-refractivity contribution < 1.29 is 5.21 Å². The summed E-state index contributed by atoms with van der Waals surface area (Å²) < 4.78 is 0. The summed E-state index contributed by atoms with van der Waals surface area (Å²) >= 11 is 1.70. The maximum atomic E-state index is 8.47. The normalized spacial score (nSPS) is 14.5. The van der Waals surface area contributed by atoms with Gasteiger partial charge in [-0.05, 0) is 36.4 Å². The molecule has 1 aromatic heterocycles. The fraction of sp³-hybridized carbons (Fsp3) is 0.500. The van der Waals surface area contributed by atoms with Gasteiger partial charge in [-0.25, -0.2) is 0 Å². The number of oxime groups is 1. The Balaban J connectivity index is 2.43. The molecule has 1 rings (SSSR count). The third-order valence-corrected chi connectivity index (χ3v) is 3.13. The van der Waals surface area contributed by atoms with E-state index in [1.54, 1.807) is 11.3 Å². The summed E-state index contributed by atoms with van der Waals surface area (Å²) in [5.74, 6) is 0.277. The summed E-state index contributed by atoms with van der Waals surface area (Å²) in [5.41, 5.74) is 6.76. The number of hydrogen-bond acceptors (Lipinski definition) is 4. The minimum atomic E-state index is 0.265. The highest BCUT2D eigenvalue weighted by Gasteiger charge is 2.11. The first-order chi connectivity index (χ1) is 7.13. The van der Waals surface area contributed by atoms with Gasteiger partial charge < -0.3 is 10.9 Å². The second-order valence-corrected chi connectivity index (χ2v) is 4.47. The molecule has 84 valence electrons. The molecule has 0 spiro atoms. The van der Waals surface area contributed by atoms with E-state index in [2.05, 4.69) is 33.8 Å². The zero-order chi connectivity index (χ0) is 11.3. The Morgan fingerprint density at radius 1 is 1.73 bits per heavy atom. The lowest BCUT2D eigenvalue weighted by Gasteiger charge is -2.23. The van der Waals surface area contributed by atoms with Gasteiger partial charge in [0.25, 0.3) is 0 Å². The van der Waals surface area contributed by atoms with Gasteiger partial charge in [0.2, 0.25) is 0 Å². The van der Waals surface area contributed by atoms with Crippen LogP contribution in [0.15, 0.2) is 22.0 Å². The fourth-order valence-electron chi connectivity index (χ4n) is 1.33. The third-order valence-electron chi connectivity index (χ3n) is 2.40. The molecule has 0 aliphatic carbocycles. The van der Waals surface area contributed by atoms with Crippen LogP contribution < -0.4 is 5.73 Å². The van der Waals surface area contributed by atoms with Crippen molar-refractivity contribution in [1.82, 2.24) is 4.90 Å².